The molecule has 0 bridgehead atoms. The fraction of sp³-hybridized carbons (Fsp3) is 0.500. The van der Waals surface area contributed by atoms with Crippen LogP contribution >= 0.6 is 0 Å². The van der Waals surface area contributed by atoms with Crippen LogP contribution in [0.1, 0.15) is 38.2 Å². The molecule has 0 atom stereocenters. The number of nitrogens with zero attached hydrogens (tertiary/aromatic N) is 3. The highest BCUT2D eigenvalue weighted by atomic mass is 16.6. The van der Waals surface area contributed by atoms with Gasteiger partial charge in [-0.15, -0.1) is 0 Å². The highest BCUT2D eigenvalue weighted by molar-refractivity contribution is 5.88. The van der Waals surface area contributed by atoms with Crippen molar-refractivity contribution in [3.8, 4) is 6.01 Å². The first kappa shape index (κ1) is 17.4. The molecule has 2 aromatic heterocycles. The Bertz CT molecular complexity index is 1020. The molecule has 9 heteroatoms. The van der Waals surface area contributed by atoms with Crippen LogP contribution in [0.15, 0.2) is 25.2 Å². The zero-order chi connectivity index (χ0) is 19.0. The van der Waals surface area contributed by atoms with Gasteiger partial charge in [0.1, 0.15) is 5.39 Å². The number of carbonyl (C=O) groups is 1. The molecule has 1 N–H and O–H groups in total. The number of fused-ring (bicyclic) bond motifs is 1. The number of aromatic amines is 1. The van der Waals surface area contributed by atoms with Gasteiger partial charge in [0.2, 0.25) is 11.6 Å². The average molecular weight is 372 g/mol. The van der Waals surface area contributed by atoms with E-state index in [4.69, 9.17) is 9.25 Å². The molecule has 1 aliphatic carbocycles. The molecule has 0 radical (unpaired) electrons. The number of H-pyrrole nitrogens is 1. The van der Waals surface area contributed by atoms with Gasteiger partial charge in [0, 0.05) is 37.9 Å². The Morgan fingerprint density at radius 2 is 2.11 bits per heavy atom. The minimum Gasteiger partial charge on any atom is -0.403 e. The second-order valence-electron chi connectivity index (χ2n) is 6.84. The Balaban J connectivity index is 1.49. The van der Waals surface area contributed by atoms with Crippen LogP contribution in [-0.4, -0.2) is 39.6 Å². The minimum absolute atomic E-state index is 0.0665. The lowest BCUT2D eigenvalue weighted by Gasteiger charge is -2.27. The lowest BCUT2D eigenvalue weighted by Crippen LogP contribution is -2.39. The number of rotatable bonds is 4. The molecule has 3 heterocycles. The molecular weight excluding hydrogens is 352 g/mol. The third-order valence-corrected chi connectivity index (χ3v) is 4.90. The van der Waals surface area contributed by atoms with Crippen LogP contribution in [0, 0.1) is 5.92 Å². The van der Waals surface area contributed by atoms with E-state index in [-0.39, 0.29) is 28.9 Å². The standard InChI is InChI=1S/C18H20N4O5/c1-2-10-9-13(23)26-16-14(10)15(24)19-18(20-16)27-21-12-5-7-22(8-6-12)17(25)11-3-4-11/h9,11H,2-8H2,1H3,(H,19,20,24). The van der Waals surface area contributed by atoms with Crippen molar-refractivity contribution in [2.24, 2.45) is 11.1 Å². The van der Waals surface area contributed by atoms with Crippen molar-refractivity contribution in [2.75, 3.05) is 13.1 Å². The number of amides is 1. The van der Waals surface area contributed by atoms with E-state index >= 15 is 0 Å². The van der Waals surface area contributed by atoms with Crippen LogP contribution in [-0.2, 0) is 11.2 Å². The second kappa shape index (κ2) is 6.98. The van der Waals surface area contributed by atoms with Crippen molar-refractivity contribution in [1.29, 1.82) is 0 Å². The van der Waals surface area contributed by atoms with Crippen LogP contribution in [0.4, 0.5) is 0 Å². The highest BCUT2D eigenvalue weighted by Crippen LogP contribution is 2.31. The van der Waals surface area contributed by atoms with Crippen molar-refractivity contribution in [2.45, 2.75) is 39.0 Å². The minimum atomic E-state index is -0.567. The zero-order valence-corrected chi connectivity index (χ0v) is 15.0. The summed E-state index contributed by atoms with van der Waals surface area (Å²) in [6.45, 7) is 3.08. The number of hydrogen-bond acceptors (Lipinski definition) is 7. The maximum atomic E-state index is 12.3. The van der Waals surface area contributed by atoms with E-state index in [1.54, 1.807) is 0 Å². The van der Waals surface area contributed by atoms with Crippen molar-refractivity contribution in [3.05, 3.63) is 32.4 Å². The number of aromatic nitrogens is 2. The van der Waals surface area contributed by atoms with E-state index in [0.717, 1.165) is 18.6 Å². The van der Waals surface area contributed by atoms with Gasteiger partial charge in [-0.25, -0.2) is 4.79 Å². The van der Waals surface area contributed by atoms with Crippen molar-refractivity contribution < 1.29 is 14.0 Å². The quantitative estimate of drug-likeness (QED) is 0.806. The van der Waals surface area contributed by atoms with Crippen molar-refractivity contribution >= 4 is 22.7 Å². The van der Waals surface area contributed by atoms with Gasteiger partial charge in [-0.2, -0.15) is 4.98 Å². The molecule has 2 aromatic rings. The number of piperidine rings is 1. The monoisotopic (exact) mass is 372 g/mol. The second-order valence-corrected chi connectivity index (χ2v) is 6.84. The Morgan fingerprint density at radius 3 is 2.78 bits per heavy atom. The van der Waals surface area contributed by atoms with Crippen LogP contribution in [0.5, 0.6) is 6.01 Å². The van der Waals surface area contributed by atoms with Crippen LogP contribution in [0.3, 0.4) is 0 Å². The lowest BCUT2D eigenvalue weighted by atomic mass is 10.1. The number of aryl methyl sites for hydroxylation is 1. The summed E-state index contributed by atoms with van der Waals surface area (Å²) in [5.74, 6) is 0.450. The van der Waals surface area contributed by atoms with E-state index < -0.39 is 11.2 Å². The molecule has 1 saturated carbocycles. The summed E-state index contributed by atoms with van der Waals surface area (Å²) in [5, 5.41) is 4.29. The molecular formula is C18H20N4O5. The number of nitrogens with one attached hydrogen (secondary N) is 1. The summed E-state index contributed by atoms with van der Waals surface area (Å²) >= 11 is 0. The maximum Gasteiger partial charge on any atom is 0.337 e. The first-order valence-electron chi connectivity index (χ1n) is 9.13. The number of likely N-dealkylation sites (tertiary alicyclic amines) is 1. The van der Waals surface area contributed by atoms with Crippen molar-refractivity contribution in [1.82, 2.24) is 14.9 Å². The fourth-order valence-corrected chi connectivity index (χ4v) is 3.22. The zero-order valence-electron chi connectivity index (χ0n) is 15.0. The lowest BCUT2D eigenvalue weighted by molar-refractivity contribution is -0.132. The molecule has 27 heavy (non-hydrogen) atoms. The summed E-state index contributed by atoms with van der Waals surface area (Å²) in [5.41, 5.74) is 0.285. The van der Waals surface area contributed by atoms with Gasteiger partial charge in [0.05, 0.1) is 5.71 Å². The third-order valence-electron chi connectivity index (χ3n) is 4.90. The summed E-state index contributed by atoms with van der Waals surface area (Å²) in [4.78, 5) is 49.7. The van der Waals surface area contributed by atoms with Gasteiger partial charge < -0.3 is 14.2 Å². The topological polar surface area (TPSA) is 118 Å². The Hall–Kier alpha value is -2.97. The SMILES string of the molecule is CCc1cc(=O)oc2nc(ON=C3CCN(C(=O)C4CC4)CC3)[nH]c(=O)c12. The molecule has 0 unspecified atom stereocenters. The summed E-state index contributed by atoms with van der Waals surface area (Å²) in [6.07, 6.45) is 3.73. The van der Waals surface area contributed by atoms with Crippen molar-refractivity contribution in [3.63, 3.8) is 0 Å². The van der Waals surface area contributed by atoms with Gasteiger partial charge >= 0.3 is 11.6 Å². The molecule has 0 aromatic carbocycles. The maximum absolute atomic E-state index is 12.3. The number of carbonyl (C=O) groups excluding carboxylic acids is 1. The van der Waals surface area contributed by atoms with Gasteiger partial charge in [0.25, 0.3) is 5.56 Å². The van der Waals surface area contributed by atoms with E-state index in [0.29, 0.717) is 37.9 Å². The molecule has 9 nitrogen and oxygen atoms in total. The molecule has 0 spiro atoms. The Morgan fingerprint density at radius 1 is 1.37 bits per heavy atom. The van der Waals surface area contributed by atoms with E-state index in [9.17, 15) is 14.4 Å². The Labute approximate surface area is 154 Å². The summed E-state index contributed by atoms with van der Waals surface area (Å²) < 4.78 is 5.03. The molecule has 2 aliphatic rings. The fourth-order valence-electron chi connectivity index (χ4n) is 3.22. The van der Waals surface area contributed by atoms with Crippen LogP contribution < -0.4 is 16.0 Å². The predicted octanol–water partition coefficient (Wildman–Crippen LogP) is 1.21. The summed E-state index contributed by atoms with van der Waals surface area (Å²) in [7, 11) is 0. The molecule has 1 aliphatic heterocycles. The number of hydrogen-bond donors (Lipinski definition) is 1. The van der Waals surface area contributed by atoms with Gasteiger partial charge in [-0.3, -0.25) is 14.6 Å². The van der Waals surface area contributed by atoms with E-state index in [1.807, 2.05) is 11.8 Å². The average Bonchev–Trinajstić information content (AvgIpc) is 3.50. The molecule has 1 amide bonds. The van der Waals surface area contributed by atoms with Crippen LogP contribution in [0.2, 0.25) is 0 Å². The third kappa shape index (κ3) is 3.62. The normalized spacial score (nSPS) is 17.2. The molecule has 142 valence electrons. The Kier molecular flexibility index (Phi) is 4.51. The largest absolute Gasteiger partial charge is 0.403 e. The molecule has 4 rings (SSSR count). The first-order valence-corrected chi connectivity index (χ1v) is 9.13. The van der Waals surface area contributed by atoms with Gasteiger partial charge in [-0.1, -0.05) is 12.1 Å². The molecule has 2 fully saturated rings. The number of oxime groups is 1. The summed E-state index contributed by atoms with van der Waals surface area (Å²) in [6, 6.07) is 1.16. The van der Waals surface area contributed by atoms with Gasteiger partial charge in [0.15, 0.2) is 0 Å². The van der Waals surface area contributed by atoms with Crippen LogP contribution in [0.25, 0.3) is 11.1 Å². The first-order chi connectivity index (χ1) is 13.0. The molecule has 1 saturated heterocycles. The van der Waals surface area contributed by atoms with Gasteiger partial charge in [-0.05, 0) is 24.8 Å². The predicted molar refractivity (Wildman–Crippen MR) is 96.9 cm³/mol. The van der Waals surface area contributed by atoms with E-state index in [1.165, 1.54) is 6.07 Å². The van der Waals surface area contributed by atoms with E-state index in [2.05, 4.69) is 15.1 Å². The smallest absolute Gasteiger partial charge is 0.337 e. The highest BCUT2D eigenvalue weighted by Gasteiger charge is 2.34.